The molecule has 4 nitrogen and oxygen atoms in total. The number of benzene rings is 2. The van der Waals surface area contributed by atoms with E-state index >= 15 is 0 Å². The molecule has 2 aromatic carbocycles. The van der Waals surface area contributed by atoms with Gasteiger partial charge in [-0.05, 0) is 42.7 Å². The Morgan fingerprint density at radius 2 is 1.03 bits per heavy atom. The van der Waals surface area contributed by atoms with Crippen LogP contribution in [-0.4, -0.2) is 59.0 Å². The predicted octanol–water partition coefficient (Wildman–Crippen LogP) is 8.37. The molecule has 2 rings (SSSR count). The SMILES string of the molecule is CCCCCCCCCCCCCCCCCCc1ccc(O)cc1.O=C(O)c1ccccc1O.[CaH2]. The van der Waals surface area contributed by atoms with Gasteiger partial charge in [-0.1, -0.05) is 128 Å². The van der Waals surface area contributed by atoms with Crippen molar-refractivity contribution in [2.45, 2.75) is 116 Å². The van der Waals surface area contributed by atoms with Crippen LogP contribution in [-0.2, 0) is 6.42 Å². The van der Waals surface area contributed by atoms with Crippen molar-refractivity contribution < 1.29 is 20.1 Å². The summed E-state index contributed by atoms with van der Waals surface area (Å²) in [5.74, 6) is -0.941. The number of unbranched alkanes of at least 4 members (excludes halogenated alkanes) is 15. The Hall–Kier alpha value is -1.23. The van der Waals surface area contributed by atoms with Crippen molar-refractivity contribution in [1.82, 2.24) is 0 Å². The quantitative estimate of drug-likeness (QED) is 0.135. The first kappa shape index (κ1) is 34.8. The number of carbonyl (C=O) groups is 1. The number of rotatable bonds is 18. The van der Waals surface area contributed by atoms with E-state index < -0.39 is 5.97 Å². The number of aryl methyl sites for hydroxylation is 1. The Morgan fingerprint density at radius 1 is 0.611 bits per heavy atom. The molecule has 0 bridgehead atoms. The monoisotopic (exact) mass is 526 g/mol. The first-order valence-corrected chi connectivity index (χ1v) is 13.8. The summed E-state index contributed by atoms with van der Waals surface area (Å²) >= 11 is 0. The van der Waals surface area contributed by atoms with E-state index in [2.05, 4.69) is 6.92 Å². The minimum absolute atomic E-state index is 0. The van der Waals surface area contributed by atoms with E-state index in [0.717, 1.165) is 6.42 Å². The zero-order valence-electron chi connectivity index (χ0n) is 21.9. The average Bonchev–Trinajstić information content (AvgIpc) is 2.85. The van der Waals surface area contributed by atoms with Gasteiger partial charge in [0.05, 0.1) is 0 Å². The average molecular weight is 527 g/mol. The molecule has 2 aromatic rings. The number of hydrogen-bond acceptors (Lipinski definition) is 3. The van der Waals surface area contributed by atoms with E-state index in [9.17, 15) is 9.90 Å². The third-order valence-electron chi connectivity index (χ3n) is 6.39. The second-order valence-electron chi connectivity index (χ2n) is 9.54. The molecular weight excluding hydrogens is 476 g/mol. The summed E-state index contributed by atoms with van der Waals surface area (Å²) in [5, 5.41) is 26.6. The van der Waals surface area contributed by atoms with Crippen molar-refractivity contribution >= 4 is 43.7 Å². The van der Waals surface area contributed by atoms with Crippen molar-refractivity contribution in [3.8, 4) is 11.5 Å². The molecule has 0 aromatic heterocycles. The van der Waals surface area contributed by atoms with Gasteiger partial charge in [-0.15, -0.1) is 0 Å². The van der Waals surface area contributed by atoms with Gasteiger partial charge in [0.15, 0.2) is 0 Å². The summed E-state index contributed by atoms with van der Waals surface area (Å²) in [6.45, 7) is 2.29. The van der Waals surface area contributed by atoms with Crippen LogP contribution in [0.1, 0.15) is 126 Å². The molecule has 3 N–H and O–H groups in total. The number of phenols is 2. The van der Waals surface area contributed by atoms with Crippen molar-refractivity contribution in [3.05, 3.63) is 59.7 Å². The number of carboxylic acids is 1. The third-order valence-corrected chi connectivity index (χ3v) is 6.39. The van der Waals surface area contributed by atoms with Gasteiger partial charge in [0.1, 0.15) is 17.1 Å². The van der Waals surface area contributed by atoms with Crippen LogP contribution in [0.4, 0.5) is 0 Å². The fourth-order valence-electron chi connectivity index (χ4n) is 4.19. The standard InChI is InChI=1S/C24H42O.C7H6O3.Ca.2H/c1-2-3-4-5-6-7-8-9-10-11-12-13-14-15-16-17-18-23-19-21-24(25)22-20-23;8-6-4-2-1-3-5(6)7(9)10;;;/h19-22,25H,2-18H2,1H3;1-4,8H,(H,9,10);;;. The molecule has 0 aliphatic carbocycles. The zero-order chi connectivity index (χ0) is 25.6. The third kappa shape index (κ3) is 19.0. The van der Waals surface area contributed by atoms with Crippen LogP contribution in [0.5, 0.6) is 11.5 Å². The molecule has 0 saturated heterocycles. The molecule has 0 aliphatic rings. The van der Waals surface area contributed by atoms with E-state index in [-0.39, 0.29) is 49.1 Å². The molecule has 0 aliphatic heterocycles. The van der Waals surface area contributed by atoms with Crippen LogP contribution in [0.25, 0.3) is 0 Å². The van der Waals surface area contributed by atoms with E-state index in [1.807, 2.05) is 12.1 Å². The van der Waals surface area contributed by atoms with Crippen LogP contribution in [0.3, 0.4) is 0 Å². The number of aromatic hydroxyl groups is 2. The maximum atomic E-state index is 10.3. The van der Waals surface area contributed by atoms with Gasteiger partial charge in [-0.25, -0.2) is 4.79 Å². The maximum absolute atomic E-state index is 10.3. The topological polar surface area (TPSA) is 77.8 Å². The van der Waals surface area contributed by atoms with E-state index in [1.54, 1.807) is 24.3 Å². The molecule has 0 atom stereocenters. The Balaban J connectivity index is 0.000000930. The zero-order valence-corrected chi connectivity index (χ0v) is 21.9. The summed E-state index contributed by atoms with van der Waals surface area (Å²) < 4.78 is 0. The number of phenolic OH excluding ortho intramolecular Hbond substituents is 1. The molecule has 0 radical (unpaired) electrons. The van der Waals surface area contributed by atoms with E-state index in [0.29, 0.717) is 5.75 Å². The van der Waals surface area contributed by atoms with Gasteiger partial charge in [-0.3, -0.25) is 0 Å². The normalized spacial score (nSPS) is 10.2. The van der Waals surface area contributed by atoms with Gasteiger partial charge in [0.2, 0.25) is 0 Å². The number of carboxylic acid groups (broad SMARTS) is 1. The van der Waals surface area contributed by atoms with Crippen LogP contribution in [0.2, 0.25) is 0 Å². The summed E-state index contributed by atoms with van der Waals surface area (Å²) in [6, 6.07) is 13.5. The molecule has 5 heteroatoms. The summed E-state index contributed by atoms with van der Waals surface area (Å²) in [7, 11) is 0. The van der Waals surface area contributed by atoms with E-state index in [4.69, 9.17) is 10.2 Å². The Labute approximate surface area is 249 Å². The second kappa shape index (κ2) is 24.1. The number of aromatic carboxylic acids is 1. The fourth-order valence-corrected chi connectivity index (χ4v) is 4.19. The molecular formula is C31H50CaO4. The summed E-state index contributed by atoms with van der Waals surface area (Å²) in [5.41, 5.74) is 1.28. The molecule has 0 fully saturated rings. The molecule has 0 spiro atoms. The molecule has 200 valence electrons. The Morgan fingerprint density at radius 3 is 1.42 bits per heavy atom. The second-order valence-corrected chi connectivity index (χ2v) is 9.54. The Kier molecular flexibility index (Phi) is 23.3. The van der Waals surface area contributed by atoms with Crippen LogP contribution >= 0.6 is 0 Å². The van der Waals surface area contributed by atoms with Crippen LogP contribution < -0.4 is 0 Å². The predicted molar refractivity (Wildman–Crippen MR) is 155 cm³/mol. The summed E-state index contributed by atoms with van der Waals surface area (Å²) in [4.78, 5) is 10.3. The van der Waals surface area contributed by atoms with Gasteiger partial charge >= 0.3 is 43.7 Å². The van der Waals surface area contributed by atoms with Crippen molar-refractivity contribution in [3.63, 3.8) is 0 Å². The van der Waals surface area contributed by atoms with Crippen LogP contribution in [0, 0.1) is 0 Å². The molecule has 36 heavy (non-hydrogen) atoms. The Bertz CT molecular complexity index is 776. The molecule has 0 heterocycles. The van der Waals surface area contributed by atoms with E-state index in [1.165, 1.54) is 120 Å². The van der Waals surface area contributed by atoms with Crippen LogP contribution in [0.15, 0.2) is 48.5 Å². The first-order chi connectivity index (χ1) is 17.0. The molecule has 0 amide bonds. The van der Waals surface area contributed by atoms with Crippen molar-refractivity contribution in [1.29, 1.82) is 0 Å². The van der Waals surface area contributed by atoms with Gasteiger partial charge < -0.3 is 15.3 Å². The van der Waals surface area contributed by atoms with Crippen molar-refractivity contribution in [2.24, 2.45) is 0 Å². The first-order valence-electron chi connectivity index (χ1n) is 13.8. The fraction of sp³-hybridized carbons (Fsp3) is 0.581. The van der Waals surface area contributed by atoms with Gasteiger partial charge in [0.25, 0.3) is 0 Å². The minimum atomic E-state index is -1.11. The molecule has 0 saturated carbocycles. The number of hydrogen-bond donors (Lipinski definition) is 3. The molecule has 0 unspecified atom stereocenters. The number of para-hydroxylation sites is 1. The van der Waals surface area contributed by atoms with Crippen molar-refractivity contribution in [2.75, 3.05) is 0 Å². The van der Waals surface area contributed by atoms with Gasteiger partial charge in [-0.2, -0.15) is 0 Å². The van der Waals surface area contributed by atoms with Gasteiger partial charge in [0, 0.05) is 0 Å². The summed E-state index contributed by atoms with van der Waals surface area (Å²) in [6.07, 6.45) is 23.9.